The van der Waals surface area contributed by atoms with Crippen LogP contribution in [-0.4, -0.2) is 16.8 Å². The number of aliphatic carboxylic acids is 1. The Balaban J connectivity index is 2.14. The quantitative estimate of drug-likeness (QED) is 0.914. The number of carboxylic acid groups (broad SMARTS) is 1. The number of halogens is 1. The van der Waals surface area contributed by atoms with Gasteiger partial charge in [-0.05, 0) is 37.1 Å². The highest BCUT2D eigenvalue weighted by molar-refractivity contribution is 6.31. The van der Waals surface area contributed by atoms with Gasteiger partial charge in [-0.2, -0.15) is 5.10 Å². The summed E-state index contributed by atoms with van der Waals surface area (Å²) in [5, 5.41) is 16.6. The maximum atomic E-state index is 11.8. The lowest BCUT2D eigenvalue weighted by Gasteiger charge is -2.28. The highest BCUT2D eigenvalue weighted by atomic mass is 35.5. The maximum absolute atomic E-state index is 11.8. The van der Waals surface area contributed by atoms with E-state index in [0.29, 0.717) is 10.7 Å². The molecule has 3 rings (SSSR count). The van der Waals surface area contributed by atoms with Gasteiger partial charge in [0.1, 0.15) is 5.92 Å². The third-order valence-corrected chi connectivity index (χ3v) is 4.60. The lowest BCUT2D eigenvalue weighted by Crippen LogP contribution is -2.30. The number of anilines is 1. The number of hydrazone groups is 1. The van der Waals surface area contributed by atoms with Crippen LogP contribution in [-0.2, 0) is 4.79 Å². The Labute approximate surface area is 140 Å². The van der Waals surface area contributed by atoms with Crippen molar-refractivity contribution < 1.29 is 9.90 Å². The fourth-order valence-corrected chi connectivity index (χ4v) is 3.18. The first-order chi connectivity index (χ1) is 11.0. The van der Waals surface area contributed by atoms with E-state index in [4.69, 9.17) is 11.6 Å². The Hall–Kier alpha value is -2.33. The van der Waals surface area contributed by atoms with Crippen molar-refractivity contribution in [2.24, 2.45) is 11.0 Å². The van der Waals surface area contributed by atoms with Crippen molar-refractivity contribution in [3.05, 3.63) is 64.7 Å². The minimum atomic E-state index is -0.873. The molecule has 0 amide bonds. The molecule has 2 unspecified atom stereocenters. The highest BCUT2D eigenvalue weighted by Crippen LogP contribution is 2.41. The number of hydrogen-bond donors (Lipinski definition) is 1. The van der Waals surface area contributed by atoms with Crippen LogP contribution in [0, 0.1) is 12.8 Å². The summed E-state index contributed by atoms with van der Waals surface area (Å²) in [5.41, 5.74) is 3.22. The fraction of sp³-hybridized carbons (Fsp3) is 0.222. The zero-order chi connectivity index (χ0) is 16.6. The number of benzene rings is 2. The molecule has 1 heterocycles. The Morgan fingerprint density at radius 2 is 1.83 bits per heavy atom. The van der Waals surface area contributed by atoms with Crippen LogP contribution in [0.3, 0.4) is 0 Å². The van der Waals surface area contributed by atoms with Gasteiger partial charge in [0.25, 0.3) is 0 Å². The Kier molecular flexibility index (Phi) is 4.09. The molecule has 2 aromatic rings. The molecule has 5 heteroatoms. The van der Waals surface area contributed by atoms with E-state index >= 15 is 0 Å². The number of rotatable bonds is 3. The SMILES string of the molecule is CC1=NN(c2cccc(Cl)c2C)C(c2ccccc2)C1C(=O)O. The second kappa shape index (κ2) is 6.05. The smallest absolute Gasteiger partial charge is 0.314 e. The zero-order valence-electron chi connectivity index (χ0n) is 12.9. The van der Waals surface area contributed by atoms with E-state index in [-0.39, 0.29) is 6.04 Å². The molecular formula is C18H17ClN2O2. The van der Waals surface area contributed by atoms with Crippen LogP contribution >= 0.6 is 11.6 Å². The molecule has 0 radical (unpaired) electrons. The third kappa shape index (κ3) is 2.70. The summed E-state index contributed by atoms with van der Waals surface area (Å²) < 4.78 is 0. The van der Waals surface area contributed by atoms with Gasteiger partial charge in [-0.1, -0.05) is 48.0 Å². The van der Waals surface area contributed by atoms with Crippen LogP contribution in [0.5, 0.6) is 0 Å². The van der Waals surface area contributed by atoms with Crippen molar-refractivity contribution in [2.75, 3.05) is 5.01 Å². The summed E-state index contributed by atoms with van der Waals surface area (Å²) in [6, 6.07) is 14.8. The molecule has 1 aliphatic heterocycles. The summed E-state index contributed by atoms with van der Waals surface area (Å²) in [5.74, 6) is -1.56. The van der Waals surface area contributed by atoms with E-state index in [0.717, 1.165) is 16.8 Å². The molecule has 2 aromatic carbocycles. The van der Waals surface area contributed by atoms with Crippen LogP contribution in [0.15, 0.2) is 53.6 Å². The Morgan fingerprint density at radius 1 is 1.13 bits per heavy atom. The van der Waals surface area contributed by atoms with Crippen molar-refractivity contribution in [2.45, 2.75) is 19.9 Å². The number of hydrogen-bond acceptors (Lipinski definition) is 3. The van der Waals surface area contributed by atoms with Crippen molar-refractivity contribution in [1.29, 1.82) is 0 Å². The second-order valence-electron chi connectivity index (χ2n) is 5.64. The average Bonchev–Trinajstić information content (AvgIpc) is 2.88. The summed E-state index contributed by atoms with van der Waals surface area (Å²) in [6.07, 6.45) is 0. The molecule has 0 aromatic heterocycles. The topological polar surface area (TPSA) is 52.9 Å². The first-order valence-electron chi connectivity index (χ1n) is 7.38. The van der Waals surface area contributed by atoms with Gasteiger partial charge in [0.05, 0.1) is 17.4 Å². The molecule has 0 fully saturated rings. The predicted molar refractivity (Wildman–Crippen MR) is 92.1 cm³/mol. The third-order valence-electron chi connectivity index (χ3n) is 4.19. The molecule has 23 heavy (non-hydrogen) atoms. The largest absolute Gasteiger partial charge is 0.481 e. The summed E-state index contributed by atoms with van der Waals surface area (Å²) >= 11 is 6.23. The van der Waals surface area contributed by atoms with E-state index in [2.05, 4.69) is 5.10 Å². The molecule has 0 aliphatic carbocycles. The van der Waals surface area contributed by atoms with Gasteiger partial charge in [-0.3, -0.25) is 9.80 Å². The summed E-state index contributed by atoms with van der Waals surface area (Å²) in [7, 11) is 0. The van der Waals surface area contributed by atoms with Gasteiger partial charge in [0.2, 0.25) is 0 Å². The van der Waals surface area contributed by atoms with Crippen molar-refractivity contribution in [3.63, 3.8) is 0 Å². The molecule has 1 aliphatic rings. The van der Waals surface area contributed by atoms with Gasteiger partial charge in [0.15, 0.2) is 0 Å². The standard InChI is InChI=1S/C18H17ClN2O2/c1-11-14(19)9-6-10-15(11)21-17(13-7-4-3-5-8-13)16(18(22)23)12(2)20-21/h3-10,16-17H,1-2H3,(H,22,23). The average molecular weight is 329 g/mol. The minimum Gasteiger partial charge on any atom is -0.481 e. The van der Waals surface area contributed by atoms with Crippen LogP contribution in [0.1, 0.15) is 24.1 Å². The Bertz CT molecular complexity index is 774. The van der Waals surface area contributed by atoms with Crippen LogP contribution < -0.4 is 5.01 Å². The molecule has 0 bridgehead atoms. The Morgan fingerprint density at radius 3 is 2.48 bits per heavy atom. The highest BCUT2D eigenvalue weighted by Gasteiger charge is 2.42. The van der Waals surface area contributed by atoms with Crippen LogP contribution in [0.2, 0.25) is 5.02 Å². The van der Waals surface area contributed by atoms with Crippen molar-refractivity contribution in [3.8, 4) is 0 Å². The first kappa shape index (κ1) is 15.6. The van der Waals surface area contributed by atoms with E-state index in [1.807, 2.05) is 55.5 Å². The van der Waals surface area contributed by atoms with Crippen molar-refractivity contribution in [1.82, 2.24) is 0 Å². The lowest BCUT2D eigenvalue weighted by atomic mass is 9.90. The molecule has 0 saturated heterocycles. The van der Waals surface area contributed by atoms with E-state index in [1.165, 1.54) is 0 Å². The minimum absolute atomic E-state index is 0.383. The summed E-state index contributed by atoms with van der Waals surface area (Å²) in [4.78, 5) is 11.8. The molecule has 4 nitrogen and oxygen atoms in total. The second-order valence-corrected chi connectivity index (χ2v) is 6.05. The monoisotopic (exact) mass is 328 g/mol. The van der Waals surface area contributed by atoms with Crippen LogP contribution in [0.4, 0.5) is 5.69 Å². The van der Waals surface area contributed by atoms with E-state index in [1.54, 1.807) is 11.9 Å². The fourth-order valence-electron chi connectivity index (χ4n) is 3.01. The van der Waals surface area contributed by atoms with Gasteiger partial charge in [0, 0.05) is 5.02 Å². The number of carboxylic acids is 1. The summed E-state index contributed by atoms with van der Waals surface area (Å²) in [6.45, 7) is 3.67. The number of carbonyl (C=O) groups is 1. The van der Waals surface area contributed by atoms with E-state index in [9.17, 15) is 9.90 Å². The first-order valence-corrected chi connectivity index (χ1v) is 7.75. The van der Waals surface area contributed by atoms with Gasteiger partial charge < -0.3 is 5.11 Å². The number of nitrogens with zero attached hydrogens (tertiary/aromatic N) is 2. The van der Waals surface area contributed by atoms with Gasteiger partial charge in [-0.25, -0.2) is 0 Å². The molecule has 0 saturated carbocycles. The van der Waals surface area contributed by atoms with Gasteiger partial charge >= 0.3 is 5.97 Å². The maximum Gasteiger partial charge on any atom is 0.314 e. The van der Waals surface area contributed by atoms with Gasteiger partial charge in [-0.15, -0.1) is 0 Å². The normalized spacial score (nSPS) is 20.5. The molecule has 0 spiro atoms. The zero-order valence-corrected chi connectivity index (χ0v) is 13.7. The predicted octanol–water partition coefficient (Wildman–Crippen LogP) is 4.29. The molecule has 118 valence electrons. The van der Waals surface area contributed by atoms with Crippen LogP contribution in [0.25, 0.3) is 0 Å². The van der Waals surface area contributed by atoms with Crippen molar-refractivity contribution >= 4 is 29.0 Å². The molecular weight excluding hydrogens is 312 g/mol. The lowest BCUT2D eigenvalue weighted by molar-refractivity contribution is -0.139. The molecule has 1 N–H and O–H groups in total. The van der Waals surface area contributed by atoms with E-state index < -0.39 is 11.9 Å². The molecule has 2 atom stereocenters.